The first-order valence-corrected chi connectivity index (χ1v) is 13.0. The van der Waals surface area contributed by atoms with E-state index >= 15 is 0 Å². The molecule has 0 saturated heterocycles. The number of allylic oxidation sites excluding steroid dienone is 1. The molecular weight excluding hydrogens is 519 g/mol. The summed E-state index contributed by atoms with van der Waals surface area (Å²) in [5.74, 6) is 0.131. The number of methoxy groups -OCH3 is 1. The molecule has 8 nitrogen and oxygen atoms in total. The number of rotatable bonds is 7. The van der Waals surface area contributed by atoms with Crippen LogP contribution in [0, 0.1) is 11.3 Å². The molecule has 38 heavy (non-hydrogen) atoms. The molecule has 198 valence electrons. The Kier molecular flexibility index (Phi) is 7.68. The molecule has 3 aromatic rings. The van der Waals surface area contributed by atoms with Crippen molar-refractivity contribution < 1.29 is 22.7 Å². The number of alkyl halides is 3. The highest BCUT2D eigenvalue weighted by molar-refractivity contribution is 7.98. The Balaban J connectivity index is 1.99. The van der Waals surface area contributed by atoms with E-state index in [1.165, 1.54) is 28.7 Å². The number of nitrogens with one attached hydrogen (secondary N) is 1. The van der Waals surface area contributed by atoms with E-state index in [4.69, 9.17) is 4.74 Å². The van der Waals surface area contributed by atoms with Gasteiger partial charge in [0.25, 0.3) is 0 Å². The van der Waals surface area contributed by atoms with Crippen molar-refractivity contribution in [1.82, 2.24) is 14.8 Å². The molecule has 0 radical (unpaired) electrons. The van der Waals surface area contributed by atoms with E-state index in [2.05, 4.69) is 16.3 Å². The summed E-state index contributed by atoms with van der Waals surface area (Å²) in [5.41, 5.74) is 0.630. The Morgan fingerprint density at radius 3 is 2.68 bits per heavy atom. The number of hydrogen-bond donors (Lipinski definition) is 1. The van der Waals surface area contributed by atoms with Gasteiger partial charge >= 0.3 is 17.8 Å². The average Bonchev–Trinajstić information content (AvgIpc) is 3.28. The van der Waals surface area contributed by atoms with Crippen molar-refractivity contribution in [2.45, 2.75) is 32.0 Å². The highest BCUT2D eigenvalue weighted by Crippen LogP contribution is 2.43. The number of carbonyl (C=O) groups is 1. The molecule has 0 saturated carbocycles. The summed E-state index contributed by atoms with van der Waals surface area (Å²) in [7, 11) is 1.19. The van der Waals surface area contributed by atoms with Gasteiger partial charge in [0.05, 0.1) is 29.9 Å². The van der Waals surface area contributed by atoms with Crippen LogP contribution in [0.1, 0.15) is 41.6 Å². The van der Waals surface area contributed by atoms with Crippen LogP contribution in [0.4, 0.5) is 24.8 Å². The molecule has 1 N–H and O–H groups in total. The summed E-state index contributed by atoms with van der Waals surface area (Å²) in [4.78, 5) is 27.7. The molecule has 0 fully saturated rings. The van der Waals surface area contributed by atoms with Crippen molar-refractivity contribution in [2.75, 3.05) is 24.0 Å². The lowest BCUT2D eigenvalue weighted by molar-refractivity contribution is -0.138. The number of benzene rings is 2. The van der Waals surface area contributed by atoms with Gasteiger partial charge in [-0.25, -0.2) is 19.3 Å². The van der Waals surface area contributed by atoms with Crippen molar-refractivity contribution in [3.05, 3.63) is 86.5 Å². The molecule has 2 heterocycles. The lowest BCUT2D eigenvalue weighted by atomic mass is 9.88. The summed E-state index contributed by atoms with van der Waals surface area (Å²) in [6, 6.07) is 10.7. The number of H-pyrrole nitrogens is 1. The minimum atomic E-state index is -4.60. The van der Waals surface area contributed by atoms with Gasteiger partial charge in [0.15, 0.2) is 0 Å². The number of fused-ring (bicyclic) bond motifs is 1. The number of nitriles is 1. The van der Waals surface area contributed by atoms with E-state index in [0.29, 0.717) is 17.5 Å². The third kappa shape index (κ3) is 4.93. The second-order valence-electron chi connectivity index (χ2n) is 8.60. The molecule has 0 spiro atoms. The third-order valence-electron chi connectivity index (χ3n) is 6.34. The van der Waals surface area contributed by atoms with Crippen molar-refractivity contribution in [3.63, 3.8) is 0 Å². The van der Waals surface area contributed by atoms with Gasteiger partial charge < -0.3 is 4.74 Å². The highest BCUT2D eigenvalue weighted by Gasteiger charge is 2.40. The first kappa shape index (κ1) is 27.1. The van der Waals surface area contributed by atoms with E-state index in [1.807, 2.05) is 6.26 Å². The number of thioether (sulfide) groups is 1. The molecule has 2 aromatic carbocycles. The molecule has 1 aliphatic heterocycles. The number of halogens is 3. The van der Waals surface area contributed by atoms with Gasteiger partial charge in [-0.1, -0.05) is 12.1 Å². The first-order valence-electron chi connectivity index (χ1n) is 11.6. The maximum atomic E-state index is 13.5. The van der Waals surface area contributed by atoms with Crippen LogP contribution in [0.25, 0.3) is 0 Å². The fourth-order valence-corrected chi connectivity index (χ4v) is 5.08. The number of aromatic nitrogens is 3. The van der Waals surface area contributed by atoms with Crippen LogP contribution < -0.4 is 10.6 Å². The lowest BCUT2D eigenvalue weighted by Crippen LogP contribution is -2.38. The minimum absolute atomic E-state index is 0.0175. The van der Waals surface area contributed by atoms with Crippen LogP contribution in [0.3, 0.4) is 0 Å². The van der Waals surface area contributed by atoms with E-state index in [-0.39, 0.29) is 22.9 Å². The van der Waals surface area contributed by atoms with Gasteiger partial charge in [-0.3, -0.25) is 4.90 Å². The molecule has 0 unspecified atom stereocenters. The summed E-state index contributed by atoms with van der Waals surface area (Å²) in [6.45, 7) is 1.57. The van der Waals surface area contributed by atoms with E-state index < -0.39 is 29.4 Å². The van der Waals surface area contributed by atoms with Gasteiger partial charge in [0.2, 0.25) is 5.95 Å². The Morgan fingerprint density at radius 1 is 1.26 bits per heavy atom. The zero-order valence-corrected chi connectivity index (χ0v) is 21.6. The Labute approximate surface area is 220 Å². The number of hydrogen-bond acceptors (Lipinski definition) is 7. The van der Waals surface area contributed by atoms with Gasteiger partial charge in [0.1, 0.15) is 6.04 Å². The quantitative estimate of drug-likeness (QED) is 0.332. The van der Waals surface area contributed by atoms with Crippen LogP contribution in [-0.2, 0) is 22.1 Å². The average molecular weight is 544 g/mol. The van der Waals surface area contributed by atoms with Crippen LogP contribution in [0.15, 0.2) is 58.5 Å². The van der Waals surface area contributed by atoms with Crippen molar-refractivity contribution >= 4 is 29.4 Å². The number of carbonyl (C=O) groups excluding carboxylic acids is 1. The van der Waals surface area contributed by atoms with Crippen LogP contribution in [0.5, 0.6) is 0 Å². The number of esters is 1. The highest BCUT2D eigenvalue weighted by atomic mass is 32.2. The molecule has 0 bridgehead atoms. The van der Waals surface area contributed by atoms with E-state index in [0.717, 1.165) is 29.9 Å². The monoisotopic (exact) mass is 543 g/mol. The lowest BCUT2D eigenvalue weighted by Gasteiger charge is -2.36. The summed E-state index contributed by atoms with van der Waals surface area (Å²) in [5, 5.41) is 16.0. The zero-order chi connectivity index (χ0) is 27.6. The summed E-state index contributed by atoms with van der Waals surface area (Å²) < 4.78 is 46.8. The number of aryl methyl sites for hydroxylation is 1. The first-order chi connectivity index (χ1) is 18.1. The molecule has 0 amide bonds. The molecule has 4 rings (SSSR count). The molecule has 12 heteroatoms. The Morgan fingerprint density at radius 2 is 2.03 bits per heavy atom. The SMILES string of the molecule is COC(=O)C1=C(C)N(c2cccc(C(F)(F)F)c2)c2n[nH]c(=O)n2[C@@H]1c1ccc(C#N)cc1CCCSC. The smallest absolute Gasteiger partial charge is 0.416 e. The Hall–Kier alpha value is -3.98. The van der Waals surface area contributed by atoms with E-state index in [9.17, 15) is 28.0 Å². The van der Waals surface area contributed by atoms with Crippen molar-refractivity contribution in [1.29, 1.82) is 5.26 Å². The van der Waals surface area contributed by atoms with Gasteiger partial charge in [-0.05, 0) is 73.2 Å². The number of nitrogens with zero attached hydrogens (tertiary/aromatic N) is 4. The van der Waals surface area contributed by atoms with Crippen LogP contribution >= 0.6 is 11.8 Å². The molecule has 1 atom stereocenters. The van der Waals surface area contributed by atoms with Gasteiger partial charge in [0, 0.05) is 11.4 Å². The van der Waals surface area contributed by atoms with E-state index in [1.54, 1.807) is 36.9 Å². The predicted molar refractivity (Wildman–Crippen MR) is 137 cm³/mol. The number of aromatic amines is 1. The summed E-state index contributed by atoms with van der Waals surface area (Å²) in [6.07, 6.45) is -1.25. The van der Waals surface area contributed by atoms with Crippen molar-refractivity contribution in [3.8, 4) is 6.07 Å². The largest absolute Gasteiger partial charge is 0.466 e. The fraction of sp³-hybridized carbons (Fsp3) is 0.308. The second kappa shape index (κ2) is 10.8. The maximum absolute atomic E-state index is 13.5. The number of ether oxygens (including phenoxy) is 1. The normalized spacial score (nSPS) is 15.3. The fourth-order valence-electron chi connectivity index (χ4n) is 4.64. The van der Waals surface area contributed by atoms with Gasteiger partial charge in [-0.2, -0.15) is 30.2 Å². The topological polar surface area (TPSA) is 104 Å². The number of anilines is 2. The Bertz CT molecular complexity index is 1500. The molecule has 1 aliphatic rings. The zero-order valence-electron chi connectivity index (χ0n) is 20.8. The summed E-state index contributed by atoms with van der Waals surface area (Å²) >= 11 is 1.67. The minimum Gasteiger partial charge on any atom is -0.466 e. The molecule has 1 aromatic heterocycles. The van der Waals surface area contributed by atoms with Crippen LogP contribution in [0.2, 0.25) is 0 Å². The van der Waals surface area contributed by atoms with Gasteiger partial charge in [-0.15, -0.1) is 5.10 Å². The third-order valence-corrected chi connectivity index (χ3v) is 7.04. The standard InChI is InChI=1S/C26H24F3N5O3S/c1-15-21(23(35)37-2)22(20-10-9-16(14-30)12-17(20)6-5-11-38-3)34-24(31-32-25(34)36)33(15)19-8-4-7-18(13-19)26(27,28)29/h4,7-10,12-13,22H,5-6,11H2,1-3H3,(H,32,36)/t22-/m1/s1. The van der Waals surface area contributed by atoms with Crippen molar-refractivity contribution in [2.24, 2.45) is 0 Å². The molecular formula is C26H24F3N5O3S. The predicted octanol–water partition coefficient (Wildman–Crippen LogP) is 4.95. The maximum Gasteiger partial charge on any atom is 0.416 e. The second-order valence-corrected chi connectivity index (χ2v) is 9.58. The molecule has 0 aliphatic carbocycles. The van der Waals surface area contributed by atoms with Crippen LogP contribution in [-0.4, -0.2) is 39.9 Å².